The third-order valence-electron chi connectivity index (χ3n) is 8.80. The van der Waals surface area contributed by atoms with E-state index in [1.165, 1.54) is 54.6 Å². The Morgan fingerprint density at radius 2 is 0.588 bits per heavy atom. The third kappa shape index (κ3) is 11.4. The molecule has 8 aromatic carbocycles. The smallest absolute Gasteiger partial charge is 0.116 e. The van der Waals surface area contributed by atoms with Crippen LogP contribution < -0.4 is 0 Å². The van der Waals surface area contributed by atoms with Gasteiger partial charge in [0.15, 0.2) is 0 Å². The van der Waals surface area contributed by atoms with Crippen LogP contribution in [-0.4, -0.2) is 5.11 Å². The molecule has 0 heterocycles. The van der Waals surface area contributed by atoms with E-state index < -0.39 is 0 Å². The van der Waals surface area contributed by atoms with Crippen molar-refractivity contribution in [2.45, 2.75) is 81.1 Å². The minimum Gasteiger partial charge on any atom is -0.508 e. The highest BCUT2D eigenvalue weighted by atomic mass is 16.3. The number of aromatic hydroxyl groups is 1. The predicted octanol–water partition coefficient (Wildman–Crippen LogP) is 14.8. The highest BCUT2D eigenvalue weighted by Crippen LogP contribution is 2.33. The Morgan fingerprint density at radius 3 is 0.902 bits per heavy atom. The molecule has 0 aliphatic carbocycles. The zero-order valence-electron chi connectivity index (χ0n) is 32.2. The fourth-order valence-corrected chi connectivity index (χ4v) is 5.87. The van der Waals surface area contributed by atoms with Gasteiger partial charge >= 0.3 is 0 Å². The van der Waals surface area contributed by atoms with Gasteiger partial charge in [-0.3, -0.25) is 0 Å². The maximum Gasteiger partial charge on any atom is 0.116 e. The number of rotatable bonds is 4. The minimum absolute atomic E-state index is 0.323. The van der Waals surface area contributed by atoms with Crippen LogP contribution in [0.1, 0.15) is 77.6 Å². The van der Waals surface area contributed by atoms with Gasteiger partial charge in [0, 0.05) is 0 Å². The van der Waals surface area contributed by atoms with Gasteiger partial charge in [-0.2, -0.15) is 0 Å². The van der Waals surface area contributed by atoms with Crippen LogP contribution >= 0.6 is 0 Å². The van der Waals surface area contributed by atoms with Gasteiger partial charge in [-0.1, -0.05) is 195 Å². The molecule has 0 spiro atoms. The first-order chi connectivity index (χ1) is 25.0. The Kier molecular flexibility index (Phi) is 17.3. The monoisotopic (exact) mass is 674 g/mol. The van der Waals surface area contributed by atoms with E-state index in [9.17, 15) is 0 Å². The molecule has 8 rings (SSSR count). The Hall–Kier alpha value is -5.14. The normalized spacial score (nSPS) is 9.96. The van der Waals surface area contributed by atoms with E-state index >= 15 is 0 Å². The summed E-state index contributed by atoms with van der Waals surface area (Å²) in [4.78, 5) is 0. The van der Waals surface area contributed by atoms with Crippen molar-refractivity contribution in [2.75, 3.05) is 0 Å². The number of phenolic OH excluding ortho intramolecular Hbond substituents is 1. The number of aryl methyl sites for hydroxylation is 4. The molecule has 0 aliphatic heterocycles. The van der Waals surface area contributed by atoms with Crippen LogP contribution in [0.3, 0.4) is 0 Å². The average molecular weight is 675 g/mol. The molecule has 0 saturated carbocycles. The van der Waals surface area contributed by atoms with Crippen molar-refractivity contribution in [3.05, 3.63) is 174 Å². The van der Waals surface area contributed by atoms with Crippen LogP contribution in [0.25, 0.3) is 43.1 Å². The molecule has 1 nitrogen and oxygen atoms in total. The first-order valence-corrected chi connectivity index (χ1v) is 19.0. The fraction of sp³-hybridized carbons (Fsp3) is 0.240. The zero-order valence-corrected chi connectivity index (χ0v) is 32.2. The van der Waals surface area contributed by atoms with E-state index in [4.69, 9.17) is 5.11 Å². The van der Waals surface area contributed by atoms with Crippen molar-refractivity contribution in [1.29, 1.82) is 0 Å². The van der Waals surface area contributed by atoms with Crippen molar-refractivity contribution < 1.29 is 5.11 Å². The lowest BCUT2D eigenvalue weighted by Crippen LogP contribution is -1.82. The standard InChI is InChI=1S/C16H10.C10H8O.2C10H14.2C2H6/c1-3-11-7-9-13-5-2-6-14-10-8-12(4-1)15(11)16(13)14;11-10-6-5-8-3-1-2-4-9(8)7-10;2*1-3-9-5-7-10(4-2)8-6-9;2*1-2/h1-10H;1-7,11H;2*5-8H,3-4H2,1-2H3;2*1-2H3. The van der Waals surface area contributed by atoms with Gasteiger partial charge in [0.25, 0.3) is 0 Å². The molecular weight excluding hydrogens is 617 g/mol. The first-order valence-electron chi connectivity index (χ1n) is 19.0. The zero-order chi connectivity index (χ0) is 37.0. The van der Waals surface area contributed by atoms with Crippen molar-refractivity contribution >= 4 is 43.1 Å². The second-order valence-corrected chi connectivity index (χ2v) is 11.9. The molecule has 51 heavy (non-hydrogen) atoms. The second-order valence-electron chi connectivity index (χ2n) is 11.9. The largest absolute Gasteiger partial charge is 0.508 e. The summed E-state index contributed by atoms with van der Waals surface area (Å²) in [5.74, 6) is 0.323. The van der Waals surface area contributed by atoms with Gasteiger partial charge in [0.05, 0.1) is 0 Å². The summed E-state index contributed by atoms with van der Waals surface area (Å²) in [6.07, 6.45) is 4.57. The number of benzene rings is 8. The summed E-state index contributed by atoms with van der Waals surface area (Å²) < 4.78 is 0. The summed E-state index contributed by atoms with van der Waals surface area (Å²) in [5, 5.41) is 19.5. The average Bonchev–Trinajstić information content (AvgIpc) is 3.22. The van der Waals surface area contributed by atoms with Gasteiger partial charge in [-0.05, 0) is 103 Å². The molecule has 0 aliphatic rings. The molecule has 1 N–H and O–H groups in total. The van der Waals surface area contributed by atoms with E-state index in [0.29, 0.717) is 5.75 Å². The first kappa shape index (κ1) is 40.3. The van der Waals surface area contributed by atoms with E-state index in [-0.39, 0.29) is 0 Å². The Balaban J connectivity index is 0.000000182. The number of phenols is 1. The number of hydrogen-bond donors (Lipinski definition) is 1. The van der Waals surface area contributed by atoms with Crippen molar-refractivity contribution in [2.24, 2.45) is 0 Å². The van der Waals surface area contributed by atoms with Crippen molar-refractivity contribution in [3.8, 4) is 5.75 Å². The third-order valence-corrected chi connectivity index (χ3v) is 8.80. The molecule has 0 aromatic heterocycles. The van der Waals surface area contributed by atoms with Crippen LogP contribution in [0.2, 0.25) is 0 Å². The molecule has 0 unspecified atom stereocenters. The highest BCUT2D eigenvalue weighted by molar-refractivity contribution is 6.22. The second kappa shape index (κ2) is 21.8. The van der Waals surface area contributed by atoms with Crippen LogP contribution in [0.15, 0.2) is 152 Å². The topological polar surface area (TPSA) is 20.2 Å². The lowest BCUT2D eigenvalue weighted by molar-refractivity contribution is 0.476. The predicted molar refractivity (Wildman–Crippen MR) is 229 cm³/mol. The molecule has 264 valence electrons. The highest BCUT2D eigenvalue weighted by Gasteiger charge is 2.06. The summed E-state index contributed by atoms with van der Waals surface area (Å²) in [5.41, 5.74) is 5.71. The van der Waals surface area contributed by atoms with Crippen molar-refractivity contribution in [3.63, 3.8) is 0 Å². The summed E-state index contributed by atoms with van der Waals surface area (Å²) >= 11 is 0. The quantitative estimate of drug-likeness (QED) is 0.184. The molecule has 0 bridgehead atoms. The lowest BCUT2D eigenvalue weighted by atomic mass is 9.95. The molecule has 0 saturated heterocycles. The van der Waals surface area contributed by atoms with E-state index in [1.807, 2.05) is 58.0 Å². The van der Waals surface area contributed by atoms with Crippen molar-refractivity contribution in [1.82, 2.24) is 0 Å². The Bertz CT molecular complexity index is 1900. The maximum absolute atomic E-state index is 9.13. The molecule has 0 fully saturated rings. The van der Waals surface area contributed by atoms with Crippen LogP contribution in [-0.2, 0) is 25.7 Å². The molecule has 8 aromatic rings. The molecule has 0 radical (unpaired) electrons. The van der Waals surface area contributed by atoms with Crippen LogP contribution in [0.5, 0.6) is 5.75 Å². The van der Waals surface area contributed by atoms with Gasteiger partial charge in [0.1, 0.15) is 5.75 Å². The van der Waals surface area contributed by atoms with Crippen LogP contribution in [0, 0.1) is 0 Å². The van der Waals surface area contributed by atoms with Gasteiger partial charge in [0.2, 0.25) is 0 Å². The molecule has 1 heteroatoms. The van der Waals surface area contributed by atoms with Gasteiger partial charge < -0.3 is 5.11 Å². The summed E-state index contributed by atoms with van der Waals surface area (Å²) in [6.45, 7) is 16.7. The lowest BCUT2D eigenvalue weighted by Gasteiger charge is -2.09. The van der Waals surface area contributed by atoms with E-state index in [0.717, 1.165) is 36.5 Å². The minimum atomic E-state index is 0.323. The Labute approximate surface area is 308 Å². The maximum atomic E-state index is 9.13. The Morgan fingerprint density at radius 1 is 0.314 bits per heavy atom. The van der Waals surface area contributed by atoms with Crippen LogP contribution in [0.4, 0.5) is 0 Å². The van der Waals surface area contributed by atoms with Gasteiger partial charge in [-0.25, -0.2) is 0 Å². The summed E-state index contributed by atoms with van der Waals surface area (Å²) in [6, 6.07) is 52.8. The summed E-state index contributed by atoms with van der Waals surface area (Å²) in [7, 11) is 0. The molecule has 0 amide bonds. The molecule has 0 atom stereocenters. The fourth-order valence-electron chi connectivity index (χ4n) is 5.87. The number of fused-ring (bicyclic) bond motifs is 1. The van der Waals surface area contributed by atoms with E-state index in [2.05, 4.69) is 137 Å². The molecular formula is C50H58O. The van der Waals surface area contributed by atoms with Gasteiger partial charge in [-0.15, -0.1) is 0 Å². The SMILES string of the molecule is CC.CC.CCc1ccc(CC)cc1.CCc1ccc(CC)cc1.Oc1ccc2ccccc2c1.c1cc2ccc3cccc4ccc(c1)c2c34. The number of hydrogen-bond acceptors (Lipinski definition) is 1. The van der Waals surface area contributed by atoms with E-state index in [1.54, 1.807) is 12.1 Å².